The molecule has 8 nitrogen and oxygen atoms in total. The summed E-state index contributed by atoms with van der Waals surface area (Å²) in [7, 11) is 0. The molecule has 1 aromatic carbocycles. The summed E-state index contributed by atoms with van der Waals surface area (Å²) in [6.45, 7) is 0.691. The molecule has 2 heterocycles. The first-order valence-electron chi connectivity index (χ1n) is 11.2. The van der Waals surface area contributed by atoms with E-state index in [1.807, 2.05) is 41.8 Å². The van der Waals surface area contributed by atoms with Crippen LogP contribution in [0.5, 0.6) is 0 Å². The van der Waals surface area contributed by atoms with Gasteiger partial charge in [-0.3, -0.25) is 14.9 Å². The van der Waals surface area contributed by atoms with Crippen LogP contribution in [0, 0.1) is 0 Å². The number of thiophene rings is 1. The summed E-state index contributed by atoms with van der Waals surface area (Å²) >= 11 is 1.50. The van der Waals surface area contributed by atoms with Crippen molar-refractivity contribution in [1.29, 1.82) is 0 Å². The first kappa shape index (κ1) is 24.9. The SMILES string of the molecule is NCCCC[C@H](N[C@@H](CCc1ccccc1)C(=O)O)C(=O)N1Cc2sccc2CC1C(=O)O. The van der Waals surface area contributed by atoms with Gasteiger partial charge >= 0.3 is 11.9 Å². The third-order valence-corrected chi connectivity index (χ3v) is 6.97. The highest BCUT2D eigenvalue weighted by Gasteiger charge is 2.38. The molecule has 1 aromatic heterocycles. The molecule has 0 fully saturated rings. The lowest BCUT2D eigenvalue weighted by atomic mass is 9.97. The number of carbonyl (C=O) groups is 3. The topological polar surface area (TPSA) is 133 Å². The second kappa shape index (κ2) is 11.9. The molecule has 1 aliphatic heterocycles. The van der Waals surface area contributed by atoms with Crippen LogP contribution in [0.25, 0.3) is 0 Å². The van der Waals surface area contributed by atoms with Crippen LogP contribution in [-0.2, 0) is 33.8 Å². The first-order valence-corrected chi connectivity index (χ1v) is 12.1. The Kier molecular flexibility index (Phi) is 8.99. The largest absolute Gasteiger partial charge is 0.480 e. The fourth-order valence-electron chi connectivity index (χ4n) is 4.17. The highest BCUT2D eigenvalue weighted by molar-refractivity contribution is 7.10. The van der Waals surface area contributed by atoms with Gasteiger partial charge in [0.2, 0.25) is 5.91 Å². The van der Waals surface area contributed by atoms with Gasteiger partial charge in [-0.25, -0.2) is 4.79 Å². The number of amides is 1. The lowest BCUT2D eigenvalue weighted by Gasteiger charge is -2.36. The number of rotatable bonds is 12. The van der Waals surface area contributed by atoms with E-state index in [1.165, 1.54) is 16.2 Å². The van der Waals surface area contributed by atoms with E-state index in [-0.39, 0.29) is 18.9 Å². The smallest absolute Gasteiger partial charge is 0.326 e. The summed E-state index contributed by atoms with van der Waals surface area (Å²) in [6, 6.07) is 8.79. The molecule has 3 atom stereocenters. The van der Waals surface area contributed by atoms with Gasteiger partial charge < -0.3 is 20.8 Å². The van der Waals surface area contributed by atoms with Gasteiger partial charge in [0.05, 0.1) is 12.6 Å². The van der Waals surface area contributed by atoms with Crippen molar-refractivity contribution in [2.75, 3.05) is 6.54 Å². The van der Waals surface area contributed by atoms with E-state index in [0.717, 1.165) is 16.0 Å². The number of fused-ring (bicyclic) bond motifs is 1. The molecule has 5 N–H and O–H groups in total. The fraction of sp³-hybridized carbons (Fsp3) is 0.458. The Balaban J connectivity index is 1.77. The number of carbonyl (C=O) groups excluding carboxylic acids is 1. The lowest BCUT2D eigenvalue weighted by molar-refractivity contribution is -0.153. The molecule has 1 amide bonds. The van der Waals surface area contributed by atoms with Gasteiger partial charge in [0, 0.05) is 11.3 Å². The number of hydrogen-bond donors (Lipinski definition) is 4. The molecule has 0 aliphatic carbocycles. The van der Waals surface area contributed by atoms with E-state index in [0.29, 0.717) is 38.6 Å². The molecule has 0 saturated carbocycles. The van der Waals surface area contributed by atoms with Crippen molar-refractivity contribution in [1.82, 2.24) is 10.2 Å². The molecular formula is C24H31N3O5S. The van der Waals surface area contributed by atoms with Crippen molar-refractivity contribution in [3.05, 3.63) is 57.8 Å². The third kappa shape index (κ3) is 6.63. The van der Waals surface area contributed by atoms with E-state index in [2.05, 4.69) is 5.32 Å². The van der Waals surface area contributed by atoms with E-state index in [9.17, 15) is 24.6 Å². The van der Waals surface area contributed by atoms with E-state index in [4.69, 9.17) is 5.73 Å². The quantitative estimate of drug-likeness (QED) is 0.348. The highest BCUT2D eigenvalue weighted by atomic mass is 32.1. The van der Waals surface area contributed by atoms with Gasteiger partial charge in [0.25, 0.3) is 0 Å². The third-order valence-electron chi connectivity index (χ3n) is 6.02. The van der Waals surface area contributed by atoms with E-state index >= 15 is 0 Å². The molecule has 1 unspecified atom stereocenters. The second-order valence-electron chi connectivity index (χ2n) is 8.31. The number of benzene rings is 1. The molecule has 0 saturated heterocycles. The molecule has 9 heteroatoms. The molecule has 2 aromatic rings. The van der Waals surface area contributed by atoms with Crippen molar-refractivity contribution >= 4 is 29.2 Å². The predicted molar refractivity (Wildman–Crippen MR) is 126 cm³/mol. The number of unbranched alkanes of at least 4 members (excludes halogenated alkanes) is 1. The predicted octanol–water partition coefficient (Wildman–Crippen LogP) is 2.26. The number of nitrogens with one attached hydrogen (secondary N) is 1. The van der Waals surface area contributed by atoms with Crippen LogP contribution in [0.3, 0.4) is 0 Å². The average molecular weight is 474 g/mol. The number of hydrogen-bond acceptors (Lipinski definition) is 6. The Hall–Kier alpha value is -2.75. The Labute approximate surface area is 197 Å². The molecule has 33 heavy (non-hydrogen) atoms. The van der Waals surface area contributed by atoms with Crippen molar-refractivity contribution in [2.45, 2.75) is 63.2 Å². The fourth-order valence-corrected chi connectivity index (χ4v) is 5.08. The monoisotopic (exact) mass is 473 g/mol. The zero-order valence-corrected chi connectivity index (χ0v) is 19.3. The van der Waals surface area contributed by atoms with Gasteiger partial charge in [-0.1, -0.05) is 36.8 Å². The van der Waals surface area contributed by atoms with Gasteiger partial charge in [0.15, 0.2) is 0 Å². The average Bonchev–Trinajstić information content (AvgIpc) is 3.27. The highest BCUT2D eigenvalue weighted by Crippen LogP contribution is 2.29. The van der Waals surface area contributed by atoms with Gasteiger partial charge in [0.1, 0.15) is 12.1 Å². The second-order valence-corrected chi connectivity index (χ2v) is 9.31. The molecule has 178 valence electrons. The Morgan fingerprint density at radius 3 is 2.52 bits per heavy atom. The number of nitrogens with zero attached hydrogens (tertiary/aromatic N) is 1. The van der Waals surface area contributed by atoms with E-state index in [1.54, 1.807) is 0 Å². The van der Waals surface area contributed by atoms with Crippen molar-refractivity contribution in [3.63, 3.8) is 0 Å². The minimum Gasteiger partial charge on any atom is -0.480 e. The molecule has 0 spiro atoms. The minimum atomic E-state index is -1.06. The number of nitrogens with two attached hydrogens (primary N) is 1. The summed E-state index contributed by atoms with van der Waals surface area (Å²) in [4.78, 5) is 39.8. The number of aryl methyl sites for hydroxylation is 1. The molecular weight excluding hydrogens is 442 g/mol. The maximum absolute atomic E-state index is 13.6. The summed E-state index contributed by atoms with van der Waals surface area (Å²) in [5.74, 6) is -2.46. The zero-order chi connectivity index (χ0) is 23.8. The van der Waals surface area contributed by atoms with Gasteiger partial charge in [-0.05, 0) is 54.8 Å². The lowest BCUT2D eigenvalue weighted by Crippen LogP contribution is -2.57. The number of aliphatic carboxylic acids is 2. The molecule has 0 radical (unpaired) electrons. The van der Waals surface area contributed by atoms with Gasteiger partial charge in [-0.2, -0.15) is 0 Å². The van der Waals surface area contributed by atoms with Crippen LogP contribution in [0.1, 0.15) is 41.7 Å². The van der Waals surface area contributed by atoms with Crippen LogP contribution in [0.2, 0.25) is 0 Å². The first-order chi connectivity index (χ1) is 15.9. The Bertz CT molecular complexity index is 949. The summed E-state index contributed by atoms with van der Waals surface area (Å²) in [5, 5.41) is 24.5. The molecule has 0 bridgehead atoms. The number of carboxylic acid groups (broad SMARTS) is 2. The normalized spacial score (nSPS) is 17.2. The Morgan fingerprint density at radius 2 is 1.85 bits per heavy atom. The van der Waals surface area contributed by atoms with Crippen LogP contribution in [-0.4, -0.2) is 57.6 Å². The van der Waals surface area contributed by atoms with Crippen molar-refractivity contribution < 1.29 is 24.6 Å². The van der Waals surface area contributed by atoms with Crippen LogP contribution >= 0.6 is 11.3 Å². The Morgan fingerprint density at radius 1 is 1.09 bits per heavy atom. The number of carboxylic acids is 2. The van der Waals surface area contributed by atoms with E-state index < -0.39 is 30.1 Å². The summed E-state index contributed by atoms with van der Waals surface area (Å²) < 4.78 is 0. The van der Waals surface area contributed by atoms with Crippen LogP contribution in [0.4, 0.5) is 0 Å². The summed E-state index contributed by atoms with van der Waals surface area (Å²) in [6.07, 6.45) is 2.86. The van der Waals surface area contributed by atoms with Crippen molar-refractivity contribution in [3.8, 4) is 0 Å². The zero-order valence-electron chi connectivity index (χ0n) is 18.5. The molecule has 3 rings (SSSR count). The van der Waals surface area contributed by atoms with Gasteiger partial charge in [-0.15, -0.1) is 11.3 Å². The molecule has 1 aliphatic rings. The van der Waals surface area contributed by atoms with Crippen LogP contribution in [0.15, 0.2) is 41.8 Å². The van der Waals surface area contributed by atoms with Crippen molar-refractivity contribution in [2.24, 2.45) is 5.73 Å². The standard InChI is InChI=1S/C24H31N3O5S/c25-12-5-4-8-18(26-19(23(29)30)10-9-16-6-2-1-3-7-16)22(28)27-15-21-17(11-13-33-21)14-20(27)24(31)32/h1-3,6-7,11,13,18-20,26H,4-5,8-10,12,14-15,25H2,(H,29,30)(H,31,32)/t18-,19-,20?/m0/s1. The van der Waals surface area contributed by atoms with Crippen LogP contribution < -0.4 is 11.1 Å². The maximum atomic E-state index is 13.6. The maximum Gasteiger partial charge on any atom is 0.326 e. The summed E-state index contributed by atoms with van der Waals surface area (Å²) in [5.41, 5.74) is 7.58. The minimum absolute atomic E-state index is 0.222.